The quantitative estimate of drug-likeness (QED) is 0.482. The number of nitrogens with one attached hydrogen (secondary N) is 1. The van der Waals surface area contributed by atoms with Gasteiger partial charge in [0.25, 0.3) is 0 Å². The first-order chi connectivity index (χ1) is 5.20. The minimum Gasteiger partial charge on any atom is -0.387 e. The van der Waals surface area contributed by atoms with E-state index in [2.05, 4.69) is 0 Å². The van der Waals surface area contributed by atoms with Gasteiger partial charge < -0.3 is 10.4 Å². The highest BCUT2D eigenvalue weighted by molar-refractivity contribution is 5.76. The number of amides is 1. The molecule has 0 saturated heterocycles. The van der Waals surface area contributed by atoms with Gasteiger partial charge in [0.1, 0.15) is 6.61 Å². The van der Waals surface area contributed by atoms with Gasteiger partial charge >= 0.3 is 0 Å². The average molecular weight is 108 g/mol. The van der Waals surface area contributed by atoms with E-state index in [1.807, 2.05) is 0 Å². The molecule has 0 aromatic carbocycles. The maximum absolute atomic E-state index is 10.4. The third kappa shape index (κ3) is 3.26. The van der Waals surface area contributed by atoms with Gasteiger partial charge in [-0.25, -0.2) is 0 Å². The van der Waals surface area contributed by atoms with Crippen molar-refractivity contribution in [2.45, 2.75) is 6.85 Å². The number of hydrogen-bond donors (Lipinski definition) is 2. The predicted molar refractivity (Wildman–Crippen MR) is 25.8 cm³/mol. The van der Waals surface area contributed by atoms with Crippen LogP contribution in [0.3, 0.4) is 0 Å². The summed E-state index contributed by atoms with van der Waals surface area (Å²) in [5, 5.41) is 9.73. The van der Waals surface area contributed by atoms with Crippen LogP contribution in [0.2, 0.25) is 0 Å². The molecule has 1 amide bonds. The molecule has 0 bridgehead atoms. The maximum Gasteiger partial charge on any atom is 0.245 e. The summed E-state index contributed by atoms with van der Waals surface area (Å²) < 4.78 is 33.7. The SMILES string of the molecule is [2H]C([2H])([2H])C([2H])([2H])NC(=O)CO. The van der Waals surface area contributed by atoms with Crippen molar-refractivity contribution in [2.24, 2.45) is 0 Å². The zero-order chi connectivity index (χ0) is 9.99. The van der Waals surface area contributed by atoms with Gasteiger partial charge in [-0.3, -0.25) is 4.79 Å². The Morgan fingerprint density at radius 3 is 3.43 bits per heavy atom. The summed E-state index contributed by atoms with van der Waals surface area (Å²) in [6.45, 7) is -6.67. The molecule has 3 nitrogen and oxygen atoms in total. The number of aliphatic hydroxyl groups excluding tert-OH is 1. The van der Waals surface area contributed by atoms with Crippen LogP contribution < -0.4 is 5.32 Å². The fourth-order valence-electron chi connectivity index (χ4n) is 0.109. The molecule has 0 fully saturated rings. The Balaban J connectivity index is 4.33. The molecule has 42 valence electrons. The van der Waals surface area contributed by atoms with Gasteiger partial charge in [0.2, 0.25) is 5.91 Å². The van der Waals surface area contributed by atoms with E-state index in [4.69, 9.17) is 12.0 Å². The van der Waals surface area contributed by atoms with E-state index in [1.165, 1.54) is 5.32 Å². The average Bonchev–Trinajstić information content (AvgIpc) is 1.84. The molecule has 0 aliphatic heterocycles. The largest absolute Gasteiger partial charge is 0.387 e. The number of likely N-dealkylation sites (N-methyl/N-ethyl adjacent to an activating group) is 1. The van der Waals surface area contributed by atoms with Gasteiger partial charge in [-0.15, -0.1) is 0 Å². The highest BCUT2D eigenvalue weighted by Crippen LogP contribution is 1.57. The Morgan fingerprint density at radius 1 is 2.29 bits per heavy atom. The van der Waals surface area contributed by atoms with Crippen LogP contribution in [0, 0.1) is 0 Å². The second kappa shape index (κ2) is 3.61. The van der Waals surface area contributed by atoms with Crippen molar-refractivity contribution in [3.05, 3.63) is 0 Å². The van der Waals surface area contributed by atoms with Crippen LogP contribution in [-0.4, -0.2) is 24.1 Å². The summed E-state index contributed by atoms with van der Waals surface area (Å²) in [4.78, 5) is 10.4. The van der Waals surface area contributed by atoms with Crippen molar-refractivity contribution in [1.29, 1.82) is 0 Å². The van der Waals surface area contributed by atoms with Gasteiger partial charge in [-0.05, 0) is 6.85 Å². The molecule has 3 heteroatoms. The molecule has 0 aromatic heterocycles. The van der Waals surface area contributed by atoms with Crippen molar-refractivity contribution in [2.75, 3.05) is 13.1 Å². The number of hydrogen-bond acceptors (Lipinski definition) is 2. The number of aliphatic hydroxyl groups is 1. The zero-order valence-corrected chi connectivity index (χ0v) is 3.56. The molecule has 0 unspecified atom stereocenters. The summed E-state index contributed by atoms with van der Waals surface area (Å²) in [6, 6.07) is 0. The minimum atomic E-state index is -2.93. The van der Waals surface area contributed by atoms with Crippen LogP contribution in [0.15, 0.2) is 0 Å². The van der Waals surface area contributed by atoms with E-state index in [-0.39, 0.29) is 0 Å². The summed E-state index contributed by atoms with van der Waals surface area (Å²) >= 11 is 0. The van der Waals surface area contributed by atoms with Gasteiger partial charge in [0.05, 0.1) is 0 Å². The van der Waals surface area contributed by atoms with E-state index in [1.54, 1.807) is 0 Å². The Morgan fingerprint density at radius 2 is 3.00 bits per heavy atom. The second-order valence-electron chi connectivity index (χ2n) is 0.831. The maximum atomic E-state index is 10.4. The summed E-state index contributed by atoms with van der Waals surface area (Å²) in [6.07, 6.45) is 0. The fourth-order valence-corrected chi connectivity index (χ4v) is 0.109. The van der Waals surface area contributed by atoms with Gasteiger partial charge in [-0.2, -0.15) is 0 Å². The molecule has 0 aliphatic carbocycles. The lowest BCUT2D eigenvalue weighted by Gasteiger charge is -1.93. The lowest BCUT2D eigenvalue weighted by atomic mass is 10.6. The Kier molecular flexibility index (Phi) is 0.900. The highest BCUT2D eigenvalue weighted by atomic mass is 16.3. The monoisotopic (exact) mass is 108 g/mol. The normalized spacial score (nSPS) is 22.7. The van der Waals surface area contributed by atoms with Crippen LogP contribution >= 0.6 is 0 Å². The molecular weight excluding hydrogens is 94.0 g/mol. The number of rotatable bonds is 2. The summed E-state index contributed by atoms with van der Waals surface area (Å²) in [5.74, 6) is -1.06. The molecule has 0 aliphatic rings. The minimum absolute atomic E-state index is 0.935. The predicted octanol–water partition coefficient (Wildman–Crippen LogP) is -0.885. The first-order valence-corrected chi connectivity index (χ1v) is 1.62. The fraction of sp³-hybridized carbons (Fsp3) is 0.750. The third-order valence-corrected chi connectivity index (χ3v) is 0.346. The van der Waals surface area contributed by atoms with E-state index in [0.29, 0.717) is 0 Å². The van der Waals surface area contributed by atoms with Crippen molar-refractivity contribution in [3.63, 3.8) is 0 Å². The highest BCUT2D eigenvalue weighted by Gasteiger charge is 1.89. The molecule has 7 heavy (non-hydrogen) atoms. The Hall–Kier alpha value is -0.570. The van der Waals surface area contributed by atoms with E-state index in [9.17, 15) is 4.79 Å². The molecule has 0 aromatic rings. The van der Waals surface area contributed by atoms with Gasteiger partial charge in [0, 0.05) is 13.4 Å². The molecule has 0 rings (SSSR count). The molecular formula is C4H9NO2. The molecule has 0 heterocycles. The van der Waals surface area contributed by atoms with Crippen molar-refractivity contribution in [3.8, 4) is 0 Å². The summed E-state index contributed by atoms with van der Waals surface area (Å²) in [7, 11) is 0. The topological polar surface area (TPSA) is 49.3 Å². The standard InChI is InChI=1S/C4H9NO2/c1-2-5-4(7)3-6/h6H,2-3H2,1H3,(H,5,7)/i1D3,2D2. The molecule has 0 radical (unpaired) electrons. The van der Waals surface area contributed by atoms with Gasteiger partial charge in [0.15, 0.2) is 0 Å². The van der Waals surface area contributed by atoms with Gasteiger partial charge in [-0.1, -0.05) is 0 Å². The van der Waals surface area contributed by atoms with Crippen LogP contribution in [0.25, 0.3) is 0 Å². The molecule has 0 spiro atoms. The molecule has 0 atom stereocenters. The first-order valence-electron chi connectivity index (χ1n) is 4.12. The van der Waals surface area contributed by atoms with E-state index >= 15 is 0 Å². The van der Waals surface area contributed by atoms with Crippen molar-refractivity contribution in [1.82, 2.24) is 5.32 Å². The van der Waals surface area contributed by atoms with E-state index in [0.717, 1.165) is 0 Å². The lowest BCUT2D eigenvalue weighted by Crippen LogP contribution is -2.25. The Labute approximate surface area is 49.4 Å². The third-order valence-electron chi connectivity index (χ3n) is 0.346. The number of carbonyl (C=O) groups excluding carboxylic acids is 1. The lowest BCUT2D eigenvalue weighted by molar-refractivity contribution is -0.123. The zero-order valence-electron chi connectivity index (χ0n) is 8.56. The smallest absolute Gasteiger partial charge is 0.245 e. The first kappa shape index (κ1) is 1.74. The number of carbonyl (C=O) groups is 1. The second-order valence-corrected chi connectivity index (χ2v) is 0.831. The van der Waals surface area contributed by atoms with E-state index < -0.39 is 25.9 Å². The molecule has 0 saturated carbocycles. The van der Waals surface area contributed by atoms with Crippen molar-refractivity contribution >= 4 is 5.91 Å². The van der Waals surface area contributed by atoms with Crippen molar-refractivity contribution < 1.29 is 16.8 Å². The Bertz CT molecular complexity index is 177. The van der Waals surface area contributed by atoms with Crippen LogP contribution in [0.1, 0.15) is 13.7 Å². The summed E-state index contributed by atoms with van der Waals surface area (Å²) in [5.41, 5.74) is 0. The van der Waals surface area contributed by atoms with Crippen LogP contribution in [0.4, 0.5) is 0 Å². The van der Waals surface area contributed by atoms with Crippen LogP contribution in [0.5, 0.6) is 0 Å². The molecule has 2 N–H and O–H groups in total. The van der Waals surface area contributed by atoms with Crippen LogP contribution in [-0.2, 0) is 4.79 Å².